The summed E-state index contributed by atoms with van der Waals surface area (Å²) >= 11 is 0. The maximum absolute atomic E-state index is 12.2. The molecule has 1 fully saturated rings. The van der Waals surface area contributed by atoms with Crippen molar-refractivity contribution in [2.24, 2.45) is 0 Å². The van der Waals surface area contributed by atoms with E-state index in [1.165, 1.54) is 12.1 Å². The lowest BCUT2D eigenvalue weighted by molar-refractivity contribution is 0.0319. The van der Waals surface area contributed by atoms with Crippen LogP contribution in [0.1, 0.15) is 55.6 Å². The van der Waals surface area contributed by atoms with Crippen LogP contribution >= 0.6 is 0 Å². The maximum atomic E-state index is 12.2. The number of hydrogen-bond acceptors (Lipinski definition) is 5. The second kappa shape index (κ2) is 6.22. The summed E-state index contributed by atoms with van der Waals surface area (Å²) in [6.45, 7) is 6.92. The van der Waals surface area contributed by atoms with Crippen LogP contribution in [-0.4, -0.2) is 41.5 Å². The van der Waals surface area contributed by atoms with E-state index in [-0.39, 0.29) is 11.6 Å². The van der Waals surface area contributed by atoms with Crippen LogP contribution < -0.4 is 15.4 Å². The fourth-order valence-corrected chi connectivity index (χ4v) is 3.36. The Hall–Kier alpha value is -2.28. The standard InChI is InChI=1S/C18H24N2O5/c1-17(2,3)25-16(23)20-13-9-18(6-7-19-10-18)24-14-8-11(15(21)22)4-5-12(13)14/h4-5,8,13,19H,6-7,9-10H2,1-3H3,(H,20,23)(H,21,22). The molecule has 2 atom stereocenters. The van der Waals surface area contributed by atoms with E-state index in [9.17, 15) is 14.7 Å². The Labute approximate surface area is 146 Å². The number of ether oxygens (including phenoxy) is 2. The maximum Gasteiger partial charge on any atom is 0.408 e. The van der Waals surface area contributed by atoms with Gasteiger partial charge in [-0.25, -0.2) is 9.59 Å². The predicted octanol–water partition coefficient (Wildman–Crippen LogP) is 2.47. The Balaban J connectivity index is 1.89. The van der Waals surface area contributed by atoms with Crippen molar-refractivity contribution in [2.75, 3.05) is 13.1 Å². The van der Waals surface area contributed by atoms with Crippen molar-refractivity contribution < 1.29 is 24.2 Å². The van der Waals surface area contributed by atoms with Crippen molar-refractivity contribution in [3.05, 3.63) is 29.3 Å². The molecule has 1 spiro atoms. The van der Waals surface area contributed by atoms with Crippen LogP contribution in [0.25, 0.3) is 0 Å². The van der Waals surface area contributed by atoms with E-state index < -0.39 is 23.3 Å². The molecular weight excluding hydrogens is 324 g/mol. The average Bonchev–Trinajstić information content (AvgIpc) is 2.92. The molecule has 0 bridgehead atoms. The van der Waals surface area contributed by atoms with Gasteiger partial charge >= 0.3 is 12.1 Å². The zero-order chi connectivity index (χ0) is 18.2. The molecule has 1 aromatic carbocycles. The molecule has 1 amide bonds. The molecule has 0 aromatic heterocycles. The van der Waals surface area contributed by atoms with Crippen molar-refractivity contribution >= 4 is 12.1 Å². The lowest BCUT2D eigenvalue weighted by Gasteiger charge is -2.40. The number of carbonyl (C=O) groups is 2. The predicted molar refractivity (Wildman–Crippen MR) is 91.0 cm³/mol. The molecule has 3 rings (SSSR count). The van der Waals surface area contributed by atoms with Gasteiger partial charge < -0.3 is 25.2 Å². The number of carboxylic acid groups (broad SMARTS) is 1. The first-order valence-electron chi connectivity index (χ1n) is 8.44. The number of carbonyl (C=O) groups excluding carboxylic acids is 1. The average molecular weight is 348 g/mol. The SMILES string of the molecule is CC(C)(C)OC(=O)NC1CC2(CCNC2)Oc2cc(C(=O)O)ccc21. The van der Waals surface area contributed by atoms with Gasteiger partial charge in [-0.2, -0.15) is 0 Å². The third kappa shape index (κ3) is 3.87. The number of carboxylic acids is 1. The first-order valence-corrected chi connectivity index (χ1v) is 8.44. The van der Waals surface area contributed by atoms with Gasteiger partial charge in [0, 0.05) is 24.9 Å². The van der Waals surface area contributed by atoms with Crippen LogP contribution in [0.4, 0.5) is 4.79 Å². The first-order chi connectivity index (χ1) is 11.7. The number of aromatic carboxylic acids is 1. The second-order valence-electron chi connectivity index (χ2n) is 7.67. The molecule has 2 aliphatic rings. The van der Waals surface area contributed by atoms with E-state index in [4.69, 9.17) is 9.47 Å². The highest BCUT2D eigenvalue weighted by Crippen LogP contribution is 2.42. The monoisotopic (exact) mass is 348 g/mol. The van der Waals surface area contributed by atoms with E-state index >= 15 is 0 Å². The van der Waals surface area contributed by atoms with Gasteiger partial charge in [0.1, 0.15) is 17.0 Å². The van der Waals surface area contributed by atoms with Crippen LogP contribution in [0, 0.1) is 0 Å². The Kier molecular flexibility index (Phi) is 4.36. The summed E-state index contributed by atoms with van der Waals surface area (Å²) in [4.78, 5) is 23.5. The van der Waals surface area contributed by atoms with Crippen LogP contribution in [0.3, 0.4) is 0 Å². The number of nitrogens with one attached hydrogen (secondary N) is 2. The molecule has 7 heteroatoms. The van der Waals surface area contributed by atoms with E-state index in [0.29, 0.717) is 18.7 Å². The van der Waals surface area contributed by atoms with Crippen LogP contribution in [0.2, 0.25) is 0 Å². The minimum Gasteiger partial charge on any atom is -0.485 e. The van der Waals surface area contributed by atoms with E-state index in [1.807, 2.05) is 20.8 Å². The van der Waals surface area contributed by atoms with Crippen molar-refractivity contribution in [3.8, 4) is 5.75 Å². The number of rotatable bonds is 2. The molecule has 25 heavy (non-hydrogen) atoms. The molecule has 2 aliphatic heterocycles. The van der Waals surface area contributed by atoms with Crippen molar-refractivity contribution in [1.29, 1.82) is 0 Å². The molecule has 0 saturated carbocycles. The summed E-state index contributed by atoms with van der Waals surface area (Å²) in [5.74, 6) is -0.497. The smallest absolute Gasteiger partial charge is 0.408 e. The Bertz CT molecular complexity index is 689. The lowest BCUT2D eigenvalue weighted by atomic mass is 9.86. The molecule has 136 valence electrons. The van der Waals surface area contributed by atoms with Gasteiger partial charge in [-0.15, -0.1) is 0 Å². The summed E-state index contributed by atoms with van der Waals surface area (Å²) in [7, 11) is 0. The van der Waals surface area contributed by atoms with Gasteiger partial charge in [-0.05, 0) is 39.4 Å². The Morgan fingerprint density at radius 3 is 2.76 bits per heavy atom. The lowest BCUT2D eigenvalue weighted by Crippen LogP contribution is -2.47. The minimum absolute atomic E-state index is 0.165. The molecule has 1 aromatic rings. The number of hydrogen-bond donors (Lipinski definition) is 3. The summed E-state index contributed by atoms with van der Waals surface area (Å²) in [6, 6.07) is 4.47. The van der Waals surface area contributed by atoms with Crippen LogP contribution in [-0.2, 0) is 4.74 Å². The number of benzene rings is 1. The van der Waals surface area contributed by atoms with Crippen molar-refractivity contribution in [1.82, 2.24) is 10.6 Å². The summed E-state index contributed by atoms with van der Waals surface area (Å²) < 4.78 is 11.5. The molecular formula is C18H24N2O5. The molecule has 1 saturated heterocycles. The van der Waals surface area contributed by atoms with Crippen molar-refractivity contribution in [3.63, 3.8) is 0 Å². The zero-order valence-electron chi connectivity index (χ0n) is 14.7. The van der Waals surface area contributed by atoms with Gasteiger partial charge in [0.25, 0.3) is 0 Å². The van der Waals surface area contributed by atoms with E-state index in [1.54, 1.807) is 6.07 Å². The topological polar surface area (TPSA) is 96.9 Å². The molecule has 0 radical (unpaired) electrons. The van der Waals surface area contributed by atoms with Gasteiger partial charge in [-0.3, -0.25) is 0 Å². The van der Waals surface area contributed by atoms with Gasteiger partial charge in [0.15, 0.2) is 0 Å². The molecule has 3 N–H and O–H groups in total. The number of alkyl carbamates (subject to hydrolysis) is 1. The fraction of sp³-hybridized carbons (Fsp3) is 0.556. The number of fused-ring (bicyclic) bond motifs is 1. The highest BCUT2D eigenvalue weighted by molar-refractivity contribution is 5.88. The Morgan fingerprint density at radius 1 is 1.40 bits per heavy atom. The quantitative estimate of drug-likeness (QED) is 0.760. The van der Waals surface area contributed by atoms with Crippen LogP contribution in [0.5, 0.6) is 5.75 Å². The molecule has 7 nitrogen and oxygen atoms in total. The van der Waals surface area contributed by atoms with Crippen molar-refractivity contribution in [2.45, 2.75) is 50.9 Å². The summed E-state index contributed by atoms with van der Waals surface area (Å²) in [5, 5.41) is 15.4. The van der Waals surface area contributed by atoms with E-state index in [0.717, 1.165) is 18.5 Å². The minimum atomic E-state index is -1.01. The molecule has 2 heterocycles. The molecule has 0 aliphatic carbocycles. The highest BCUT2D eigenvalue weighted by atomic mass is 16.6. The second-order valence-corrected chi connectivity index (χ2v) is 7.67. The third-order valence-corrected chi connectivity index (χ3v) is 4.43. The highest BCUT2D eigenvalue weighted by Gasteiger charge is 2.44. The molecule has 2 unspecified atom stereocenters. The third-order valence-electron chi connectivity index (χ3n) is 4.43. The fourth-order valence-electron chi connectivity index (χ4n) is 3.36. The van der Waals surface area contributed by atoms with Crippen LogP contribution in [0.15, 0.2) is 18.2 Å². The summed E-state index contributed by atoms with van der Waals surface area (Å²) in [6.07, 6.45) is 0.920. The largest absolute Gasteiger partial charge is 0.485 e. The summed E-state index contributed by atoms with van der Waals surface area (Å²) in [5.41, 5.74) is -0.0899. The number of amides is 1. The van der Waals surface area contributed by atoms with Gasteiger partial charge in [0.05, 0.1) is 11.6 Å². The zero-order valence-corrected chi connectivity index (χ0v) is 14.7. The van der Waals surface area contributed by atoms with E-state index in [2.05, 4.69) is 10.6 Å². The van der Waals surface area contributed by atoms with Gasteiger partial charge in [0.2, 0.25) is 0 Å². The van der Waals surface area contributed by atoms with Gasteiger partial charge in [-0.1, -0.05) is 6.07 Å². The first kappa shape index (κ1) is 17.5. The Morgan fingerprint density at radius 2 is 2.16 bits per heavy atom. The normalized spacial score (nSPS) is 25.2.